The Balaban J connectivity index is 1.55. The Hall–Kier alpha value is -3.68. The summed E-state index contributed by atoms with van der Waals surface area (Å²) in [4.78, 5) is 21.4. The average Bonchev–Trinajstić information content (AvgIpc) is 3.53. The third-order valence-electron chi connectivity index (χ3n) is 6.64. The highest BCUT2D eigenvalue weighted by Crippen LogP contribution is 2.58. The number of benzene rings is 2. The monoisotopic (exact) mass is 666 g/mol. The Morgan fingerprint density at radius 1 is 0.756 bits per heavy atom. The van der Waals surface area contributed by atoms with E-state index in [4.69, 9.17) is 31.5 Å². The molecular weight excluding hydrogens is 631 g/mol. The van der Waals surface area contributed by atoms with Crippen LogP contribution in [0.25, 0.3) is 0 Å². The Morgan fingerprint density at radius 2 is 1.29 bits per heavy atom. The molecule has 0 aliphatic carbocycles. The third-order valence-corrected chi connectivity index (χ3v) is 11.1. The highest BCUT2D eigenvalue weighted by Gasteiger charge is 2.45. The van der Waals surface area contributed by atoms with Crippen molar-refractivity contribution in [1.29, 1.82) is 0 Å². The fourth-order valence-corrected chi connectivity index (χ4v) is 8.20. The molecule has 4 aromatic rings. The number of rotatable bonds is 18. The number of hydrogen-bond donors (Lipinski definition) is 1. The van der Waals surface area contributed by atoms with Crippen LogP contribution in [0, 0.1) is 0 Å². The molecule has 1 atom stereocenters. The van der Waals surface area contributed by atoms with Crippen LogP contribution in [0.4, 0.5) is 0 Å². The van der Waals surface area contributed by atoms with E-state index in [2.05, 4.69) is 0 Å². The van der Waals surface area contributed by atoms with Crippen molar-refractivity contribution in [2.45, 2.75) is 77.0 Å². The molecule has 2 aromatic heterocycles. The topological polar surface area (TPSA) is 186 Å². The molecule has 13 nitrogen and oxygen atoms in total. The maximum atomic E-state index is 14.3. The number of aryl methyl sites for hydroxylation is 3. The van der Waals surface area contributed by atoms with Gasteiger partial charge in [-0.25, -0.2) is 9.59 Å². The first-order chi connectivity index (χ1) is 21.5. The minimum atomic E-state index is -5.03. The summed E-state index contributed by atoms with van der Waals surface area (Å²) in [6.45, 7) is 2.35. The lowest BCUT2D eigenvalue weighted by atomic mass is 10.1. The van der Waals surface area contributed by atoms with Gasteiger partial charge >= 0.3 is 19.2 Å². The first-order valence-corrected chi connectivity index (χ1v) is 17.5. The Morgan fingerprint density at radius 3 is 1.82 bits per heavy atom. The molecular formula is C30H35O13PS. The molecule has 0 spiro atoms. The number of hydrogen-bond acceptors (Lipinski definition) is 12. The quantitative estimate of drug-likeness (QED) is 0.0880. The van der Waals surface area contributed by atoms with Crippen LogP contribution in [0.15, 0.2) is 81.9 Å². The van der Waals surface area contributed by atoms with Gasteiger partial charge in [-0.3, -0.25) is 18.2 Å². The van der Waals surface area contributed by atoms with Crippen molar-refractivity contribution in [3.8, 4) is 11.5 Å². The maximum absolute atomic E-state index is 14.3. The summed E-state index contributed by atoms with van der Waals surface area (Å²) in [6.07, 6.45) is 1.87. The fourth-order valence-electron chi connectivity index (χ4n) is 4.57. The average molecular weight is 667 g/mol. The van der Waals surface area contributed by atoms with Gasteiger partial charge in [0.2, 0.25) is 0 Å². The molecule has 0 saturated heterocycles. The van der Waals surface area contributed by atoms with Gasteiger partial charge in [0.15, 0.2) is 28.0 Å². The summed E-state index contributed by atoms with van der Waals surface area (Å²) >= 11 is 0. The summed E-state index contributed by atoms with van der Waals surface area (Å²) in [5.41, 5.74) is 0.794. The van der Waals surface area contributed by atoms with Crippen LogP contribution in [0.5, 0.6) is 11.5 Å². The van der Waals surface area contributed by atoms with E-state index >= 15 is 0 Å². The van der Waals surface area contributed by atoms with Crippen LogP contribution < -0.4 is 16.4 Å². The molecule has 0 aliphatic heterocycles. The maximum Gasteiger partial charge on any atom is 0.519 e. The molecule has 0 bridgehead atoms. The second kappa shape index (κ2) is 15.5. The Bertz CT molecular complexity index is 1730. The van der Waals surface area contributed by atoms with Gasteiger partial charge in [0.05, 0.1) is 0 Å². The van der Waals surface area contributed by atoms with Crippen LogP contribution in [0.2, 0.25) is 0 Å². The third kappa shape index (κ3) is 9.65. The van der Waals surface area contributed by atoms with Crippen molar-refractivity contribution in [1.82, 2.24) is 0 Å². The van der Waals surface area contributed by atoms with E-state index in [1.807, 2.05) is 38.1 Å². The molecule has 0 radical (unpaired) electrons. The predicted octanol–water partition coefficient (Wildman–Crippen LogP) is 6.64. The van der Waals surface area contributed by atoms with Crippen molar-refractivity contribution in [2.75, 3.05) is 0 Å². The smallest absolute Gasteiger partial charge is 0.457 e. The SMILES string of the molecule is CCCc1oc(=O)oc1COP(=O)(OCc1oc(=O)oc1CCC)C(CCCc1cccc(Oc2ccccc2)c1)S(=O)(=O)O. The predicted molar refractivity (Wildman–Crippen MR) is 161 cm³/mol. The van der Waals surface area contributed by atoms with Crippen LogP contribution >= 0.6 is 7.60 Å². The standard InChI is InChI=1S/C30H35O13PS/c1-3-10-24-26(42-29(31)40-24)19-37-44(33,38-20-27-25(11-4-2)41-30(32)43-27)28(45(34,35)36)17-9-13-21-12-8-16-23(18-21)39-22-14-6-5-7-15-22/h5-8,12,14-16,18,28H,3-4,9-11,13,17,19-20H2,1-2H3,(H,34,35,36). The summed E-state index contributed by atoms with van der Waals surface area (Å²) in [7, 11) is -9.82. The van der Waals surface area contributed by atoms with Crippen molar-refractivity contribution in [2.24, 2.45) is 0 Å². The van der Waals surface area contributed by atoms with Crippen molar-refractivity contribution < 1.29 is 49.0 Å². The zero-order valence-electron chi connectivity index (χ0n) is 24.8. The first kappa shape index (κ1) is 34.2. The fraction of sp³-hybridized carbons (Fsp3) is 0.400. The number of para-hydroxylation sites is 1. The van der Waals surface area contributed by atoms with Gasteiger partial charge in [-0.2, -0.15) is 8.42 Å². The molecule has 2 aromatic carbocycles. The van der Waals surface area contributed by atoms with Gasteiger partial charge in [-0.1, -0.05) is 44.2 Å². The molecule has 0 aliphatic rings. The van der Waals surface area contributed by atoms with Gasteiger partial charge in [0.1, 0.15) is 24.7 Å². The van der Waals surface area contributed by atoms with Crippen LogP contribution in [0.1, 0.15) is 68.1 Å². The normalized spacial score (nSPS) is 12.8. The van der Waals surface area contributed by atoms with E-state index in [0.717, 1.165) is 5.56 Å². The summed E-state index contributed by atoms with van der Waals surface area (Å²) in [5.74, 6) is -0.738. The first-order valence-electron chi connectivity index (χ1n) is 14.4. The van der Waals surface area contributed by atoms with E-state index in [9.17, 15) is 27.1 Å². The van der Waals surface area contributed by atoms with E-state index in [-0.39, 0.29) is 35.9 Å². The highest BCUT2D eigenvalue weighted by molar-refractivity contribution is 7.94. The number of ether oxygens (including phenoxy) is 1. The van der Waals surface area contributed by atoms with E-state index in [1.54, 1.807) is 30.3 Å². The van der Waals surface area contributed by atoms with Gasteiger partial charge in [0.25, 0.3) is 10.1 Å². The zero-order valence-corrected chi connectivity index (χ0v) is 26.6. The second-order valence-corrected chi connectivity index (χ2v) is 14.3. The van der Waals surface area contributed by atoms with Crippen LogP contribution in [-0.4, -0.2) is 18.0 Å². The zero-order chi connectivity index (χ0) is 32.5. The molecule has 1 N–H and O–H groups in total. The molecule has 244 valence electrons. The summed E-state index contributed by atoms with van der Waals surface area (Å²) in [5, 5.41) is 0. The van der Waals surface area contributed by atoms with Crippen molar-refractivity contribution >= 4 is 17.7 Å². The Labute approximate surface area is 259 Å². The molecule has 0 fully saturated rings. The van der Waals surface area contributed by atoms with Crippen LogP contribution in [0.3, 0.4) is 0 Å². The van der Waals surface area contributed by atoms with Crippen LogP contribution in [-0.2, 0) is 56.2 Å². The second-order valence-electron chi connectivity index (χ2n) is 10.1. The van der Waals surface area contributed by atoms with E-state index < -0.39 is 47.6 Å². The van der Waals surface area contributed by atoms with Gasteiger partial charge in [-0.05, 0) is 61.9 Å². The van der Waals surface area contributed by atoms with Gasteiger partial charge in [0, 0.05) is 12.8 Å². The molecule has 1 unspecified atom stereocenters. The lowest BCUT2D eigenvalue weighted by molar-refractivity contribution is 0.164. The molecule has 0 saturated carbocycles. The van der Waals surface area contributed by atoms with E-state index in [1.165, 1.54) is 0 Å². The van der Waals surface area contributed by atoms with E-state index in [0.29, 0.717) is 43.6 Å². The van der Waals surface area contributed by atoms with Gasteiger partial charge < -0.3 is 22.4 Å². The summed E-state index contributed by atoms with van der Waals surface area (Å²) < 4.78 is 86.8. The lowest BCUT2D eigenvalue weighted by Crippen LogP contribution is -2.24. The Kier molecular flexibility index (Phi) is 11.8. The highest BCUT2D eigenvalue weighted by atomic mass is 32.2. The lowest BCUT2D eigenvalue weighted by Gasteiger charge is -2.24. The van der Waals surface area contributed by atoms with Crippen molar-refractivity contribution in [3.63, 3.8) is 0 Å². The largest absolute Gasteiger partial charge is 0.519 e. The minimum absolute atomic E-state index is 0.100. The molecule has 4 rings (SSSR count). The summed E-state index contributed by atoms with van der Waals surface area (Å²) in [6, 6.07) is 16.3. The minimum Gasteiger partial charge on any atom is -0.457 e. The molecule has 2 heterocycles. The molecule has 15 heteroatoms. The molecule has 45 heavy (non-hydrogen) atoms. The van der Waals surface area contributed by atoms with Gasteiger partial charge in [-0.15, -0.1) is 0 Å². The molecule has 0 amide bonds. The van der Waals surface area contributed by atoms with Crippen molar-refractivity contribution in [3.05, 3.63) is 104 Å².